The van der Waals surface area contributed by atoms with Crippen molar-refractivity contribution in [2.75, 3.05) is 0 Å². The average Bonchev–Trinajstić information content (AvgIpc) is 3.34. The van der Waals surface area contributed by atoms with Crippen molar-refractivity contribution in [2.45, 2.75) is 24.4 Å². The van der Waals surface area contributed by atoms with Gasteiger partial charge in [-0.2, -0.15) is 26.3 Å². The highest BCUT2D eigenvalue weighted by molar-refractivity contribution is 7.19. The van der Waals surface area contributed by atoms with Gasteiger partial charge >= 0.3 is 12.4 Å². The topological polar surface area (TPSA) is 55.1 Å². The van der Waals surface area contributed by atoms with E-state index in [1.807, 2.05) is 0 Å². The van der Waals surface area contributed by atoms with E-state index >= 15 is 0 Å². The maximum atomic E-state index is 13.8. The van der Waals surface area contributed by atoms with E-state index in [1.54, 1.807) is 60.7 Å². The molecular formula is C28H17ClF6N2O2S. The number of alkyl halides is 6. The molecule has 2 heterocycles. The lowest BCUT2D eigenvalue weighted by molar-refractivity contribution is -0.376. The molecule has 40 heavy (non-hydrogen) atoms. The van der Waals surface area contributed by atoms with Crippen molar-refractivity contribution < 1.29 is 31.4 Å². The lowest BCUT2D eigenvalue weighted by Crippen LogP contribution is -2.53. The van der Waals surface area contributed by atoms with Gasteiger partial charge in [0.2, 0.25) is 0 Å². The van der Waals surface area contributed by atoms with Crippen LogP contribution >= 0.6 is 22.9 Å². The molecule has 0 aliphatic rings. The van der Waals surface area contributed by atoms with Crippen LogP contribution in [-0.4, -0.2) is 27.0 Å². The highest BCUT2D eigenvalue weighted by atomic mass is 35.5. The van der Waals surface area contributed by atoms with E-state index in [2.05, 4.69) is 4.98 Å². The summed E-state index contributed by atoms with van der Waals surface area (Å²) >= 11 is 7.34. The van der Waals surface area contributed by atoms with Crippen molar-refractivity contribution >= 4 is 33.8 Å². The molecule has 0 atom stereocenters. The first-order chi connectivity index (χ1) is 18.8. The number of benzene rings is 3. The van der Waals surface area contributed by atoms with E-state index in [9.17, 15) is 36.2 Å². The van der Waals surface area contributed by atoms with Crippen LogP contribution in [-0.2, 0) is 12.0 Å². The Morgan fingerprint density at radius 3 is 2.08 bits per heavy atom. The predicted molar refractivity (Wildman–Crippen MR) is 141 cm³/mol. The Morgan fingerprint density at radius 2 is 1.50 bits per heavy atom. The second-order valence-electron chi connectivity index (χ2n) is 8.92. The van der Waals surface area contributed by atoms with Gasteiger partial charge in [-0.25, -0.2) is 4.98 Å². The molecule has 2 aromatic heterocycles. The van der Waals surface area contributed by atoms with Gasteiger partial charge in [0.1, 0.15) is 5.82 Å². The van der Waals surface area contributed by atoms with Crippen molar-refractivity contribution in [3.05, 3.63) is 117 Å². The van der Waals surface area contributed by atoms with Crippen LogP contribution in [0.1, 0.15) is 17.0 Å². The minimum absolute atomic E-state index is 0.0228. The van der Waals surface area contributed by atoms with Gasteiger partial charge in [-0.3, -0.25) is 9.36 Å². The zero-order valence-electron chi connectivity index (χ0n) is 20.1. The number of fused-ring (bicyclic) bond motifs is 1. The number of aliphatic hydroxyl groups is 1. The highest BCUT2D eigenvalue weighted by Crippen LogP contribution is 2.50. The number of halogens is 7. The van der Waals surface area contributed by atoms with Crippen LogP contribution in [0.25, 0.3) is 27.0 Å². The molecule has 0 saturated heterocycles. The maximum absolute atomic E-state index is 13.8. The van der Waals surface area contributed by atoms with Crippen molar-refractivity contribution in [3.63, 3.8) is 0 Å². The Hall–Kier alpha value is -3.67. The normalized spacial score (nSPS) is 12.7. The summed E-state index contributed by atoms with van der Waals surface area (Å²) in [6, 6.07) is 20.3. The largest absolute Gasteiger partial charge is 0.430 e. The Morgan fingerprint density at radius 1 is 0.850 bits per heavy atom. The van der Waals surface area contributed by atoms with Crippen LogP contribution in [0.5, 0.6) is 0 Å². The van der Waals surface area contributed by atoms with Crippen LogP contribution in [0.15, 0.2) is 89.7 Å². The monoisotopic (exact) mass is 594 g/mol. The first-order valence-corrected chi connectivity index (χ1v) is 12.8. The molecule has 0 bridgehead atoms. The summed E-state index contributed by atoms with van der Waals surface area (Å²) in [5.41, 5.74) is -5.30. The van der Waals surface area contributed by atoms with Gasteiger partial charge in [0.05, 0.1) is 20.9 Å². The van der Waals surface area contributed by atoms with Gasteiger partial charge in [0, 0.05) is 16.9 Å². The van der Waals surface area contributed by atoms with E-state index < -0.39 is 29.1 Å². The van der Waals surface area contributed by atoms with Crippen molar-refractivity contribution in [2.24, 2.45) is 0 Å². The molecule has 0 unspecified atom stereocenters. The first-order valence-electron chi connectivity index (χ1n) is 11.6. The first kappa shape index (κ1) is 27.9. The van der Waals surface area contributed by atoms with Gasteiger partial charge in [0.15, 0.2) is 0 Å². The third kappa shape index (κ3) is 4.89. The van der Waals surface area contributed by atoms with Crippen LogP contribution in [0.3, 0.4) is 0 Å². The van der Waals surface area contributed by atoms with E-state index in [-0.39, 0.29) is 23.3 Å². The Kier molecular flexibility index (Phi) is 7.01. The molecule has 0 aliphatic carbocycles. The highest BCUT2D eigenvalue weighted by Gasteiger charge is 2.71. The standard InChI is InChI=1S/C28H17ClF6N2O2S/c29-23-13-12-22(40-23)17-6-11-21-20(15-17)25(38)37(24(36-21)14-16-4-2-1-3-5-16)19-9-7-18(8-10-19)26(39,27(30,31)32)28(33,34)35/h1-13,15,39H,14H2. The molecule has 12 heteroatoms. The maximum Gasteiger partial charge on any atom is 0.430 e. The lowest BCUT2D eigenvalue weighted by Gasteiger charge is -2.32. The quantitative estimate of drug-likeness (QED) is 0.213. The molecular weight excluding hydrogens is 578 g/mol. The summed E-state index contributed by atoms with van der Waals surface area (Å²) in [6.45, 7) is 0. The summed E-state index contributed by atoms with van der Waals surface area (Å²) in [5, 5.41) is 9.95. The molecule has 0 radical (unpaired) electrons. The fraction of sp³-hybridized carbons (Fsp3) is 0.143. The molecule has 4 nitrogen and oxygen atoms in total. The molecule has 5 aromatic rings. The molecule has 1 N–H and O–H groups in total. The molecule has 206 valence electrons. The van der Waals surface area contributed by atoms with Gasteiger partial charge < -0.3 is 5.11 Å². The minimum Gasteiger partial charge on any atom is -0.369 e. The zero-order valence-corrected chi connectivity index (χ0v) is 21.7. The summed E-state index contributed by atoms with van der Waals surface area (Å²) in [5.74, 6) is 0.213. The van der Waals surface area contributed by atoms with Crippen LogP contribution in [0, 0.1) is 0 Å². The zero-order chi connectivity index (χ0) is 28.9. The average molecular weight is 595 g/mol. The van der Waals surface area contributed by atoms with Crippen molar-refractivity contribution in [1.82, 2.24) is 9.55 Å². The Balaban J connectivity index is 1.70. The number of hydrogen-bond acceptors (Lipinski definition) is 4. The van der Waals surface area contributed by atoms with Crippen molar-refractivity contribution in [1.29, 1.82) is 0 Å². The third-order valence-corrected chi connectivity index (χ3v) is 7.64. The second-order valence-corrected chi connectivity index (χ2v) is 10.6. The van der Waals surface area contributed by atoms with E-state index in [0.29, 0.717) is 27.5 Å². The van der Waals surface area contributed by atoms with E-state index in [1.165, 1.54) is 11.3 Å². The number of hydrogen-bond donors (Lipinski definition) is 1. The molecule has 3 aromatic carbocycles. The fourth-order valence-corrected chi connectivity index (χ4v) is 5.40. The van der Waals surface area contributed by atoms with Gasteiger partial charge in [-0.15, -0.1) is 11.3 Å². The summed E-state index contributed by atoms with van der Waals surface area (Å²) in [4.78, 5) is 19.2. The number of thiophene rings is 1. The predicted octanol–water partition coefficient (Wildman–Crippen LogP) is 7.67. The number of nitrogens with zero attached hydrogens (tertiary/aromatic N) is 2. The fourth-order valence-electron chi connectivity index (χ4n) is 4.36. The SMILES string of the molecule is O=c1c2cc(-c3ccc(Cl)s3)ccc2nc(Cc2ccccc2)n1-c1ccc(C(O)(C(F)(F)F)C(F)(F)F)cc1. The summed E-state index contributed by atoms with van der Waals surface area (Å²) < 4.78 is 82.0. The van der Waals surface area contributed by atoms with Gasteiger partial charge in [0.25, 0.3) is 11.2 Å². The number of aromatic nitrogens is 2. The molecule has 0 spiro atoms. The third-order valence-electron chi connectivity index (χ3n) is 6.36. The van der Waals surface area contributed by atoms with Gasteiger partial charge in [-0.05, 0) is 47.5 Å². The number of rotatable bonds is 5. The Labute approximate surface area is 231 Å². The smallest absolute Gasteiger partial charge is 0.369 e. The molecule has 5 rings (SSSR count). The molecule has 0 fully saturated rings. The van der Waals surface area contributed by atoms with Crippen molar-refractivity contribution in [3.8, 4) is 16.1 Å². The summed E-state index contributed by atoms with van der Waals surface area (Å²) in [6.07, 6.45) is -11.9. The van der Waals surface area contributed by atoms with Gasteiger partial charge in [-0.1, -0.05) is 60.1 Å². The van der Waals surface area contributed by atoms with Crippen LogP contribution in [0.2, 0.25) is 4.34 Å². The lowest BCUT2D eigenvalue weighted by atomic mass is 9.92. The van der Waals surface area contributed by atoms with Crippen LogP contribution < -0.4 is 5.56 Å². The Bertz CT molecular complexity index is 1730. The van der Waals surface area contributed by atoms with E-state index in [0.717, 1.165) is 27.1 Å². The summed E-state index contributed by atoms with van der Waals surface area (Å²) in [7, 11) is 0. The minimum atomic E-state index is -6.03. The molecule has 0 saturated carbocycles. The van der Waals surface area contributed by atoms with E-state index in [4.69, 9.17) is 11.6 Å². The molecule has 0 amide bonds. The molecule has 0 aliphatic heterocycles. The second kappa shape index (κ2) is 10.1. The van der Waals surface area contributed by atoms with Crippen LogP contribution in [0.4, 0.5) is 26.3 Å².